The Kier molecular flexibility index (Phi) is 3.34. The van der Waals surface area contributed by atoms with E-state index < -0.39 is 5.92 Å². The zero-order valence-electron chi connectivity index (χ0n) is 12.4. The maximum Gasteiger partial charge on any atom is 0.130 e. The highest BCUT2D eigenvalue weighted by Crippen LogP contribution is 2.42. The van der Waals surface area contributed by atoms with E-state index in [-0.39, 0.29) is 0 Å². The van der Waals surface area contributed by atoms with Crippen LogP contribution in [0.15, 0.2) is 24.4 Å². The minimum absolute atomic E-state index is 0.386. The van der Waals surface area contributed by atoms with Crippen molar-refractivity contribution >= 4 is 23.5 Å². The molecule has 0 amide bonds. The summed E-state index contributed by atoms with van der Waals surface area (Å²) < 4.78 is 0. The molecular weight excluding hydrogens is 276 g/mol. The topological polar surface area (TPSA) is 62.0 Å². The maximum absolute atomic E-state index is 10.9. The van der Waals surface area contributed by atoms with Gasteiger partial charge in [-0.05, 0) is 48.9 Å². The van der Waals surface area contributed by atoms with Crippen LogP contribution in [0.5, 0.6) is 0 Å². The van der Waals surface area contributed by atoms with E-state index in [1.165, 1.54) is 22.0 Å². The Morgan fingerprint density at radius 2 is 2.14 bits per heavy atom. The van der Waals surface area contributed by atoms with Gasteiger partial charge < -0.3 is 19.9 Å². The number of fused-ring (bicyclic) bond motifs is 2. The molecule has 1 aromatic carbocycles. The number of carbonyl (C=O) groups is 2. The van der Waals surface area contributed by atoms with E-state index in [2.05, 4.69) is 34.7 Å². The first-order valence-corrected chi connectivity index (χ1v) is 8.03. The van der Waals surface area contributed by atoms with Crippen LogP contribution in [0, 0.1) is 11.8 Å². The second-order valence-corrected chi connectivity index (χ2v) is 6.68. The molecule has 3 atom stereocenters. The van der Waals surface area contributed by atoms with Crippen LogP contribution in [0.4, 0.5) is 0 Å². The lowest BCUT2D eigenvalue weighted by Gasteiger charge is -2.40. The van der Waals surface area contributed by atoms with Crippen molar-refractivity contribution in [1.29, 1.82) is 0 Å². The molecule has 1 aromatic heterocycles. The molecule has 22 heavy (non-hydrogen) atoms. The van der Waals surface area contributed by atoms with Crippen LogP contribution < -0.4 is 5.32 Å². The Balaban J connectivity index is 1.64. The van der Waals surface area contributed by atoms with E-state index in [9.17, 15) is 9.59 Å². The predicted octanol–water partition coefficient (Wildman–Crippen LogP) is 2.19. The van der Waals surface area contributed by atoms with Gasteiger partial charge in [-0.1, -0.05) is 12.1 Å². The molecule has 114 valence electrons. The first-order valence-electron chi connectivity index (χ1n) is 8.03. The molecule has 4 rings (SSSR count). The fourth-order valence-corrected chi connectivity index (χ4v) is 4.33. The predicted molar refractivity (Wildman–Crippen MR) is 84.9 cm³/mol. The molecule has 2 heterocycles. The molecule has 1 aliphatic carbocycles. The van der Waals surface area contributed by atoms with Gasteiger partial charge in [0.15, 0.2) is 0 Å². The van der Waals surface area contributed by atoms with Gasteiger partial charge in [0.05, 0.1) is 5.92 Å². The number of aldehydes is 2. The van der Waals surface area contributed by atoms with Crippen molar-refractivity contribution in [3.8, 4) is 0 Å². The number of benzene rings is 1. The number of hydrogen-bond donors (Lipinski definition) is 2. The second kappa shape index (κ2) is 5.36. The third kappa shape index (κ3) is 2.10. The summed E-state index contributed by atoms with van der Waals surface area (Å²) in [5, 5.41) is 5.04. The number of rotatable bonds is 4. The lowest BCUT2D eigenvalue weighted by molar-refractivity contribution is -0.120. The summed E-state index contributed by atoms with van der Waals surface area (Å²) in [6.07, 6.45) is 6.47. The summed E-state index contributed by atoms with van der Waals surface area (Å²) in [6, 6.07) is 6.95. The Labute approximate surface area is 129 Å². The fraction of sp³-hybridized carbons (Fsp3) is 0.444. The molecular formula is C18H20N2O2. The standard InChI is InChI=1S/C18H20N2O2/c21-9-12(10-22)4-11-5-15-14-2-1-3-16-18(14)13(8-20-16)6-17(15)19-7-11/h1-3,8-12,15,17,19-20H,4-7H2. The van der Waals surface area contributed by atoms with Crippen molar-refractivity contribution < 1.29 is 9.59 Å². The molecule has 4 heteroatoms. The average Bonchev–Trinajstić information content (AvgIpc) is 2.97. The van der Waals surface area contributed by atoms with Gasteiger partial charge in [0.1, 0.15) is 12.6 Å². The van der Waals surface area contributed by atoms with Crippen LogP contribution in [0.3, 0.4) is 0 Å². The quantitative estimate of drug-likeness (QED) is 0.671. The normalized spacial score (nSPS) is 26.9. The van der Waals surface area contributed by atoms with Gasteiger partial charge in [-0.15, -0.1) is 0 Å². The van der Waals surface area contributed by atoms with Gasteiger partial charge in [0, 0.05) is 29.1 Å². The number of hydrogen-bond acceptors (Lipinski definition) is 3. The molecule has 0 radical (unpaired) electrons. The monoisotopic (exact) mass is 296 g/mol. The number of carbonyl (C=O) groups excluding carboxylic acids is 2. The van der Waals surface area contributed by atoms with Gasteiger partial charge in [0.2, 0.25) is 0 Å². The van der Waals surface area contributed by atoms with Crippen molar-refractivity contribution in [3.63, 3.8) is 0 Å². The molecule has 1 fully saturated rings. The van der Waals surface area contributed by atoms with Gasteiger partial charge in [0.25, 0.3) is 0 Å². The Morgan fingerprint density at radius 3 is 2.95 bits per heavy atom. The van der Waals surface area contributed by atoms with Crippen LogP contribution >= 0.6 is 0 Å². The van der Waals surface area contributed by atoms with Gasteiger partial charge in [-0.2, -0.15) is 0 Å². The van der Waals surface area contributed by atoms with Crippen molar-refractivity contribution in [2.45, 2.75) is 31.2 Å². The van der Waals surface area contributed by atoms with Crippen LogP contribution in [-0.4, -0.2) is 30.1 Å². The molecule has 0 saturated carbocycles. The second-order valence-electron chi connectivity index (χ2n) is 6.68. The average molecular weight is 296 g/mol. The third-order valence-corrected chi connectivity index (χ3v) is 5.36. The van der Waals surface area contributed by atoms with Gasteiger partial charge in [-0.3, -0.25) is 0 Å². The highest BCUT2D eigenvalue weighted by Gasteiger charge is 2.36. The van der Waals surface area contributed by atoms with Crippen LogP contribution in [0.2, 0.25) is 0 Å². The number of nitrogens with one attached hydrogen (secondary N) is 2. The smallest absolute Gasteiger partial charge is 0.130 e. The summed E-state index contributed by atoms with van der Waals surface area (Å²) >= 11 is 0. The Morgan fingerprint density at radius 1 is 1.27 bits per heavy atom. The number of H-pyrrole nitrogens is 1. The molecule has 1 saturated heterocycles. The Bertz CT molecular complexity index is 713. The van der Waals surface area contributed by atoms with E-state index in [0.717, 1.165) is 32.0 Å². The zero-order chi connectivity index (χ0) is 15.1. The molecule has 2 N–H and O–H groups in total. The summed E-state index contributed by atoms with van der Waals surface area (Å²) in [7, 11) is 0. The number of piperidine rings is 1. The molecule has 4 nitrogen and oxygen atoms in total. The molecule has 0 bridgehead atoms. The first kappa shape index (κ1) is 13.7. The summed E-state index contributed by atoms with van der Waals surface area (Å²) in [6.45, 7) is 0.898. The molecule has 2 aromatic rings. The van der Waals surface area contributed by atoms with Gasteiger partial charge >= 0.3 is 0 Å². The van der Waals surface area contributed by atoms with Crippen LogP contribution in [0.1, 0.15) is 29.9 Å². The molecule has 2 aliphatic rings. The van der Waals surface area contributed by atoms with E-state index in [0.29, 0.717) is 24.3 Å². The largest absolute Gasteiger partial charge is 0.361 e. The minimum atomic E-state index is -0.453. The van der Waals surface area contributed by atoms with Gasteiger partial charge in [-0.25, -0.2) is 0 Å². The van der Waals surface area contributed by atoms with E-state index in [1.807, 2.05) is 0 Å². The third-order valence-electron chi connectivity index (χ3n) is 5.36. The van der Waals surface area contributed by atoms with E-state index in [4.69, 9.17) is 0 Å². The number of aromatic nitrogens is 1. The minimum Gasteiger partial charge on any atom is -0.361 e. The van der Waals surface area contributed by atoms with Crippen LogP contribution in [-0.2, 0) is 16.0 Å². The first-order chi connectivity index (χ1) is 10.8. The summed E-state index contributed by atoms with van der Waals surface area (Å²) in [4.78, 5) is 25.2. The molecule has 3 unspecified atom stereocenters. The summed E-state index contributed by atoms with van der Waals surface area (Å²) in [5.74, 6) is 0.410. The van der Waals surface area contributed by atoms with Crippen LogP contribution in [0.25, 0.3) is 10.9 Å². The van der Waals surface area contributed by atoms with Crippen molar-refractivity contribution in [2.75, 3.05) is 6.54 Å². The van der Waals surface area contributed by atoms with Crippen molar-refractivity contribution in [3.05, 3.63) is 35.5 Å². The lowest BCUT2D eigenvalue weighted by Crippen LogP contribution is -2.47. The fourth-order valence-electron chi connectivity index (χ4n) is 4.33. The SMILES string of the molecule is O=CC(C=O)CC1CNC2Cc3c[nH]c4cccc(c34)C2C1. The van der Waals surface area contributed by atoms with Crippen molar-refractivity contribution in [2.24, 2.45) is 11.8 Å². The van der Waals surface area contributed by atoms with E-state index >= 15 is 0 Å². The maximum atomic E-state index is 10.9. The number of aromatic amines is 1. The van der Waals surface area contributed by atoms with E-state index in [1.54, 1.807) is 0 Å². The highest BCUT2D eigenvalue weighted by molar-refractivity contribution is 5.88. The lowest BCUT2D eigenvalue weighted by atomic mass is 9.72. The highest BCUT2D eigenvalue weighted by atomic mass is 16.1. The van der Waals surface area contributed by atoms with Crippen molar-refractivity contribution in [1.82, 2.24) is 10.3 Å². The summed E-state index contributed by atoms with van der Waals surface area (Å²) in [5.41, 5.74) is 4.03. The Hall–Kier alpha value is -1.94. The molecule has 1 aliphatic heterocycles. The zero-order valence-corrected chi connectivity index (χ0v) is 12.4. The molecule has 0 spiro atoms.